The fraction of sp³-hybridized carbons (Fsp3) is 0.350. The number of nitrogens with zero attached hydrogens (tertiary/aromatic N) is 1. The van der Waals surface area contributed by atoms with E-state index >= 15 is 0 Å². The van der Waals surface area contributed by atoms with Gasteiger partial charge in [-0.2, -0.15) is 13.2 Å². The van der Waals surface area contributed by atoms with Crippen LogP contribution in [0.2, 0.25) is 10.0 Å². The second-order valence-corrected chi connectivity index (χ2v) is 8.10. The number of aromatic hydroxyl groups is 1. The topological polar surface area (TPSA) is 137 Å². The molecule has 34 heavy (non-hydrogen) atoms. The quantitative estimate of drug-likeness (QED) is 0.354. The van der Waals surface area contributed by atoms with Gasteiger partial charge in [0.2, 0.25) is 5.56 Å². The summed E-state index contributed by atoms with van der Waals surface area (Å²) in [7, 11) is 0. The van der Waals surface area contributed by atoms with Crippen LogP contribution in [-0.2, 0) is 4.79 Å². The van der Waals surface area contributed by atoms with Crippen molar-refractivity contribution in [3.63, 3.8) is 0 Å². The highest BCUT2D eigenvalue weighted by atomic mass is 35.5. The number of benzene rings is 1. The Balaban J connectivity index is 0.000000509. The molecule has 1 saturated heterocycles. The third-order valence-electron chi connectivity index (χ3n) is 5.12. The lowest BCUT2D eigenvalue weighted by molar-refractivity contribution is -0.192. The van der Waals surface area contributed by atoms with Crippen LogP contribution in [-0.4, -0.2) is 51.2 Å². The maximum absolute atomic E-state index is 14.4. The molecule has 8 nitrogen and oxygen atoms in total. The van der Waals surface area contributed by atoms with E-state index in [0.29, 0.717) is 31.5 Å². The number of carbonyl (C=O) groups excluding carboxylic acids is 1. The number of phenolic OH excluding ortho intramolecular Hbond substituents is 1. The summed E-state index contributed by atoms with van der Waals surface area (Å²) >= 11 is 11.6. The number of amides is 1. The number of piperidine rings is 1. The second kappa shape index (κ2) is 11.1. The minimum Gasteiger partial charge on any atom is -0.507 e. The lowest BCUT2D eigenvalue weighted by Gasteiger charge is -2.35. The van der Waals surface area contributed by atoms with Crippen molar-refractivity contribution in [1.82, 2.24) is 9.88 Å². The van der Waals surface area contributed by atoms with Crippen LogP contribution in [0, 0.1) is 11.7 Å². The lowest BCUT2D eigenvalue weighted by Crippen LogP contribution is -2.41. The first-order valence-electron chi connectivity index (χ1n) is 9.64. The summed E-state index contributed by atoms with van der Waals surface area (Å²) in [5.41, 5.74) is 6.25. The first-order valence-corrected chi connectivity index (χ1v) is 10.4. The summed E-state index contributed by atoms with van der Waals surface area (Å²) in [5.74, 6) is -4.24. The number of hydrogen-bond acceptors (Lipinski definition) is 5. The molecule has 0 radical (unpaired) electrons. The highest BCUT2D eigenvalue weighted by molar-refractivity contribution is 6.42. The van der Waals surface area contributed by atoms with E-state index in [4.69, 9.17) is 38.8 Å². The molecule has 1 atom stereocenters. The number of halogens is 6. The van der Waals surface area contributed by atoms with Crippen LogP contribution in [0.3, 0.4) is 0 Å². The van der Waals surface area contributed by atoms with Crippen molar-refractivity contribution in [2.75, 3.05) is 13.1 Å². The number of carboxylic acid groups (broad SMARTS) is 1. The van der Waals surface area contributed by atoms with Gasteiger partial charge in [-0.3, -0.25) is 9.59 Å². The second-order valence-electron chi connectivity index (χ2n) is 7.32. The Kier molecular flexibility index (Phi) is 8.92. The summed E-state index contributed by atoms with van der Waals surface area (Å²) in [6.07, 6.45) is -2.63. The number of pyridine rings is 1. The van der Waals surface area contributed by atoms with Crippen molar-refractivity contribution in [1.29, 1.82) is 0 Å². The van der Waals surface area contributed by atoms with Crippen LogP contribution in [0.5, 0.6) is 5.75 Å². The Labute approximate surface area is 199 Å². The van der Waals surface area contributed by atoms with Gasteiger partial charge in [-0.15, -0.1) is 0 Å². The summed E-state index contributed by atoms with van der Waals surface area (Å²) in [6.45, 7) is 0.861. The SMILES string of the molecule is NC(c1c(O)cc(Cl)c(Cl)c1F)C1CCN(C(=O)c2ccc(=O)[nH]c2)CC1.O=C(O)C(F)(F)F. The molecule has 1 aromatic heterocycles. The van der Waals surface area contributed by atoms with Crippen molar-refractivity contribution in [2.45, 2.75) is 25.1 Å². The van der Waals surface area contributed by atoms with Gasteiger partial charge in [0.25, 0.3) is 5.91 Å². The monoisotopic (exact) mass is 527 g/mol. The molecule has 5 N–H and O–H groups in total. The molecule has 2 heterocycles. The summed E-state index contributed by atoms with van der Waals surface area (Å²) in [4.78, 5) is 36.6. The van der Waals surface area contributed by atoms with Gasteiger partial charge in [-0.25, -0.2) is 9.18 Å². The van der Waals surface area contributed by atoms with Crippen molar-refractivity contribution in [3.8, 4) is 5.75 Å². The number of nitrogens with one attached hydrogen (secondary N) is 1. The highest BCUT2D eigenvalue weighted by Crippen LogP contribution is 2.40. The Morgan fingerprint density at radius 3 is 2.24 bits per heavy atom. The molecule has 0 spiro atoms. The molecule has 2 aromatic rings. The van der Waals surface area contributed by atoms with E-state index in [0.717, 1.165) is 0 Å². The van der Waals surface area contributed by atoms with E-state index in [1.807, 2.05) is 0 Å². The number of alkyl halides is 3. The van der Waals surface area contributed by atoms with E-state index in [1.54, 1.807) is 4.90 Å². The molecule has 1 fully saturated rings. The van der Waals surface area contributed by atoms with Crippen LogP contribution < -0.4 is 11.3 Å². The lowest BCUT2D eigenvalue weighted by atomic mass is 9.85. The van der Waals surface area contributed by atoms with Crippen LogP contribution in [0.25, 0.3) is 0 Å². The van der Waals surface area contributed by atoms with Crippen LogP contribution >= 0.6 is 23.2 Å². The first-order chi connectivity index (χ1) is 15.7. The van der Waals surface area contributed by atoms with E-state index in [-0.39, 0.29) is 38.7 Å². The zero-order valence-corrected chi connectivity index (χ0v) is 18.7. The third kappa shape index (κ3) is 6.61. The fourth-order valence-corrected chi connectivity index (χ4v) is 3.68. The maximum atomic E-state index is 14.4. The maximum Gasteiger partial charge on any atom is 0.490 e. The molecule has 186 valence electrons. The number of aromatic nitrogens is 1. The Hall–Kier alpha value is -2.83. The Bertz CT molecular complexity index is 1100. The number of rotatable bonds is 3. The summed E-state index contributed by atoms with van der Waals surface area (Å²) < 4.78 is 46.2. The molecule has 3 rings (SSSR count). The molecular weight excluding hydrogens is 509 g/mol. The van der Waals surface area contributed by atoms with E-state index in [2.05, 4.69) is 4.98 Å². The molecule has 14 heteroatoms. The minimum atomic E-state index is -5.08. The summed E-state index contributed by atoms with van der Waals surface area (Å²) in [5, 5.41) is 16.8. The highest BCUT2D eigenvalue weighted by Gasteiger charge is 2.38. The van der Waals surface area contributed by atoms with Gasteiger partial charge < -0.3 is 25.8 Å². The van der Waals surface area contributed by atoms with Crippen molar-refractivity contribution < 1.29 is 37.4 Å². The number of aromatic amines is 1. The number of aliphatic carboxylic acids is 1. The molecule has 1 aliphatic rings. The standard InChI is InChI=1S/C18H18Cl2FN3O3.C2HF3O2/c19-11-7-12(25)14(16(21)15(11)20)17(22)9-3-5-24(6-4-9)18(27)10-1-2-13(26)23-8-10;3-2(4,5)1(6)7/h1-2,7-9,17,25H,3-6,22H2,(H,23,26);(H,6,7). The van der Waals surface area contributed by atoms with E-state index in [9.17, 15) is 32.3 Å². The van der Waals surface area contributed by atoms with Gasteiger partial charge in [0, 0.05) is 43.0 Å². The van der Waals surface area contributed by atoms with Crippen LogP contribution in [0.15, 0.2) is 29.2 Å². The smallest absolute Gasteiger partial charge is 0.490 e. The van der Waals surface area contributed by atoms with Gasteiger partial charge in [0.15, 0.2) is 5.82 Å². The van der Waals surface area contributed by atoms with Crippen LogP contribution in [0.1, 0.15) is 34.8 Å². The van der Waals surface area contributed by atoms with Crippen molar-refractivity contribution in [2.24, 2.45) is 11.7 Å². The van der Waals surface area contributed by atoms with Gasteiger partial charge in [0.05, 0.1) is 15.6 Å². The molecule has 0 aliphatic carbocycles. The average Bonchev–Trinajstić information content (AvgIpc) is 2.77. The van der Waals surface area contributed by atoms with Crippen molar-refractivity contribution in [3.05, 3.63) is 61.7 Å². The number of H-pyrrole nitrogens is 1. The molecule has 0 bridgehead atoms. The number of carboxylic acids is 1. The Morgan fingerprint density at radius 1 is 1.21 bits per heavy atom. The minimum absolute atomic E-state index is 0.0604. The largest absolute Gasteiger partial charge is 0.507 e. The predicted octanol–water partition coefficient (Wildman–Crippen LogP) is 3.71. The van der Waals surface area contributed by atoms with E-state index < -0.39 is 24.0 Å². The third-order valence-corrected chi connectivity index (χ3v) is 5.88. The van der Waals surface area contributed by atoms with Crippen LogP contribution in [0.4, 0.5) is 17.6 Å². The molecule has 1 aromatic carbocycles. The normalized spacial score (nSPS) is 15.3. The zero-order valence-electron chi connectivity index (χ0n) is 17.2. The number of hydrogen-bond donors (Lipinski definition) is 4. The zero-order chi connectivity index (χ0) is 25.8. The average molecular weight is 528 g/mol. The molecule has 1 aliphatic heterocycles. The predicted molar refractivity (Wildman–Crippen MR) is 114 cm³/mol. The number of phenols is 1. The number of nitrogens with two attached hydrogens (primary N) is 1. The molecule has 0 saturated carbocycles. The molecule has 1 amide bonds. The van der Waals surface area contributed by atoms with Gasteiger partial charge in [-0.1, -0.05) is 23.2 Å². The molecular formula is C20H19Cl2F4N3O5. The molecule has 1 unspecified atom stereocenters. The first kappa shape index (κ1) is 27.4. The van der Waals surface area contributed by atoms with Crippen molar-refractivity contribution >= 4 is 35.1 Å². The number of carbonyl (C=O) groups is 2. The van der Waals surface area contributed by atoms with Gasteiger partial charge in [0.1, 0.15) is 5.75 Å². The summed E-state index contributed by atoms with van der Waals surface area (Å²) in [6, 6.07) is 3.18. The van der Waals surface area contributed by atoms with Gasteiger partial charge >= 0.3 is 12.1 Å². The number of likely N-dealkylation sites (tertiary alicyclic amines) is 1. The fourth-order valence-electron chi connectivity index (χ4n) is 3.34. The Morgan fingerprint density at radius 2 is 1.76 bits per heavy atom. The van der Waals surface area contributed by atoms with Gasteiger partial charge in [-0.05, 0) is 24.8 Å². The van der Waals surface area contributed by atoms with E-state index in [1.165, 1.54) is 24.4 Å².